The lowest BCUT2D eigenvalue weighted by Gasteiger charge is -2.12. The molecule has 2 rings (SSSR count). The molecule has 1 unspecified atom stereocenters. The Morgan fingerprint density at radius 2 is 2.00 bits per heavy atom. The Morgan fingerprint density at radius 3 is 2.67 bits per heavy atom. The Bertz CT molecular complexity index is 517. The molecule has 0 spiro atoms. The number of hydrogen-bond donors (Lipinski definition) is 1. The lowest BCUT2D eigenvalue weighted by Crippen LogP contribution is -2.18. The van der Waals surface area contributed by atoms with Crippen LogP contribution in [0.1, 0.15) is 12.5 Å². The summed E-state index contributed by atoms with van der Waals surface area (Å²) in [5, 5.41) is 1.40. The number of nitrogens with zero attached hydrogens (tertiary/aromatic N) is 2. The molecule has 0 saturated heterocycles. The lowest BCUT2D eigenvalue weighted by atomic mass is 10.1. The fraction of sp³-hybridized carbons (Fsp3) is 0.231. The van der Waals surface area contributed by atoms with Crippen LogP contribution in [0.3, 0.4) is 0 Å². The van der Waals surface area contributed by atoms with E-state index in [1.54, 1.807) is 18.5 Å². The van der Waals surface area contributed by atoms with E-state index in [1.807, 2.05) is 25.1 Å². The minimum absolute atomic E-state index is 0.0968. The molecule has 1 atom stereocenters. The monoisotopic (exact) mass is 279 g/mol. The topological polar surface area (TPSA) is 51.8 Å². The summed E-state index contributed by atoms with van der Waals surface area (Å²) in [6.45, 7) is 1.98. The van der Waals surface area contributed by atoms with E-state index in [9.17, 15) is 0 Å². The average molecular weight is 280 g/mol. The Labute approximate surface area is 116 Å². The highest BCUT2D eigenvalue weighted by molar-refractivity contribution is 7.99. The van der Waals surface area contributed by atoms with E-state index in [1.165, 1.54) is 11.8 Å². The molecule has 0 aliphatic rings. The molecule has 3 nitrogen and oxygen atoms in total. The molecule has 0 bridgehead atoms. The van der Waals surface area contributed by atoms with E-state index in [2.05, 4.69) is 9.97 Å². The Balaban J connectivity index is 2.31. The lowest BCUT2D eigenvalue weighted by molar-refractivity contribution is 0.729. The second kappa shape index (κ2) is 6.18. The number of benzene rings is 1. The van der Waals surface area contributed by atoms with Crippen molar-refractivity contribution < 1.29 is 0 Å². The normalized spacial score (nSPS) is 12.4. The van der Waals surface area contributed by atoms with Crippen molar-refractivity contribution in [2.24, 2.45) is 5.73 Å². The maximum Gasteiger partial charge on any atom is 0.192 e. The fourth-order valence-electron chi connectivity index (χ4n) is 1.60. The van der Waals surface area contributed by atoms with Crippen LogP contribution in [0.2, 0.25) is 5.02 Å². The van der Waals surface area contributed by atoms with Gasteiger partial charge in [0.15, 0.2) is 5.16 Å². The molecular formula is C13H14ClN3S. The summed E-state index contributed by atoms with van der Waals surface area (Å²) >= 11 is 7.72. The minimum Gasteiger partial charge on any atom is -0.328 e. The van der Waals surface area contributed by atoms with Crippen LogP contribution < -0.4 is 5.73 Å². The molecule has 0 fully saturated rings. The second-order valence-electron chi connectivity index (χ2n) is 4.04. The average Bonchev–Trinajstić information content (AvgIpc) is 2.34. The number of aromatic nitrogens is 2. The van der Waals surface area contributed by atoms with Gasteiger partial charge < -0.3 is 5.73 Å². The van der Waals surface area contributed by atoms with Gasteiger partial charge in [0.1, 0.15) is 0 Å². The first-order chi connectivity index (χ1) is 8.66. The van der Waals surface area contributed by atoms with Gasteiger partial charge in [-0.2, -0.15) is 0 Å². The third kappa shape index (κ3) is 3.45. The molecule has 0 radical (unpaired) electrons. The standard InChI is InChI=1S/C13H14ClN3S/c1-9(15)8-10-4-2-5-11(14)12(10)18-13-16-6-3-7-17-13/h2-7,9H,8,15H2,1H3. The van der Waals surface area contributed by atoms with Crippen molar-refractivity contribution >= 4 is 23.4 Å². The third-order valence-corrected chi connectivity index (χ3v) is 3.83. The van der Waals surface area contributed by atoms with Crippen LogP contribution in [0.25, 0.3) is 0 Å². The molecule has 0 aliphatic heterocycles. The van der Waals surface area contributed by atoms with Crippen molar-refractivity contribution in [3.63, 3.8) is 0 Å². The zero-order chi connectivity index (χ0) is 13.0. The van der Waals surface area contributed by atoms with Crippen LogP contribution in [-0.2, 0) is 6.42 Å². The van der Waals surface area contributed by atoms with E-state index in [0.717, 1.165) is 16.9 Å². The summed E-state index contributed by atoms with van der Waals surface area (Å²) in [5.41, 5.74) is 6.99. The smallest absolute Gasteiger partial charge is 0.192 e. The van der Waals surface area contributed by atoms with Gasteiger partial charge in [-0.3, -0.25) is 0 Å². The number of halogens is 1. The number of nitrogens with two attached hydrogens (primary N) is 1. The molecule has 0 aliphatic carbocycles. The summed E-state index contributed by atoms with van der Waals surface area (Å²) in [4.78, 5) is 9.38. The van der Waals surface area contributed by atoms with Gasteiger partial charge in [0.05, 0.1) is 5.02 Å². The Morgan fingerprint density at radius 1 is 1.28 bits per heavy atom. The zero-order valence-electron chi connectivity index (χ0n) is 10.0. The van der Waals surface area contributed by atoms with Gasteiger partial charge in [-0.1, -0.05) is 23.7 Å². The maximum atomic E-state index is 6.25. The van der Waals surface area contributed by atoms with Gasteiger partial charge in [-0.25, -0.2) is 9.97 Å². The molecule has 2 aromatic rings. The van der Waals surface area contributed by atoms with Crippen molar-refractivity contribution in [2.75, 3.05) is 0 Å². The number of rotatable bonds is 4. The molecule has 1 heterocycles. The molecular weight excluding hydrogens is 266 g/mol. The van der Waals surface area contributed by atoms with E-state index < -0.39 is 0 Å². The molecule has 1 aromatic carbocycles. The highest BCUT2D eigenvalue weighted by Gasteiger charge is 2.11. The molecule has 2 N–H and O–H groups in total. The van der Waals surface area contributed by atoms with Crippen LogP contribution in [-0.4, -0.2) is 16.0 Å². The van der Waals surface area contributed by atoms with Gasteiger partial charge in [0.25, 0.3) is 0 Å². The summed E-state index contributed by atoms with van der Waals surface area (Å²) in [5.74, 6) is 0. The van der Waals surface area contributed by atoms with Gasteiger partial charge in [0.2, 0.25) is 0 Å². The molecule has 5 heteroatoms. The first-order valence-corrected chi connectivity index (χ1v) is 6.84. The maximum absolute atomic E-state index is 6.25. The second-order valence-corrected chi connectivity index (χ2v) is 5.43. The Hall–Kier alpha value is -1.10. The quantitative estimate of drug-likeness (QED) is 0.874. The summed E-state index contributed by atoms with van der Waals surface area (Å²) in [7, 11) is 0. The third-order valence-electron chi connectivity index (χ3n) is 2.33. The van der Waals surface area contributed by atoms with Crippen LogP contribution >= 0.6 is 23.4 Å². The van der Waals surface area contributed by atoms with Crippen LogP contribution in [0.5, 0.6) is 0 Å². The highest BCUT2D eigenvalue weighted by Crippen LogP contribution is 2.34. The van der Waals surface area contributed by atoms with E-state index >= 15 is 0 Å². The molecule has 94 valence electrons. The van der Waals surface area contributed by atoms with Crippen molar-refractivity contribution in [3.05, 3.63) is 47.2 Å². The summed E-state index contributed by atoms with van der Waals surface area (Å²) in [6.07, 6.45) is 4.23. The van der Waals surface area contributed by atoms with Crippen LogP contribution in [0, 0.1) is 0 Å². The fourth-order valence-corrected chi connectivity index (χ4v) is 2.77. The molecule has 18 heavy (non-hydrogen) atoms. The van der Waals surface area contributed by atoms with E-state index in [4.69, 9.17) is 17.3 Å². The van der Waals surface area contributed by atoms with Crippen LogP contribution in [0.15, 0.2) is 46.7 Å². The number of hydrogen-bond acceptors (Lipinski definition) is 4. The predicted octanol–water partition coefficient (Wildman–Crippen LogP) is 3.17. The summed E-state index contributed by atoms with van der Waals surface area (Å²) in [6, 6.07) is 7.74. The van der Waals surface area contributed by atoms with Gasteiger partial charge in [-0.05, 0) is 42.8 Å². The largest absolute Gasteiger partial charge is 0.328 e. The molecule has 0 saturated carbocycles. The predicted molar refractivity (Wildman–Crippen MR) is 75.0 cm³/mol. The van der Waals surface area contributed by atoms with Gasteiger partial charge >= 0.3 is 0 Å². The van der Waals surface area contributed by atoms with Gasteiger partial charge in [-0.15, -0.1) is 0 Å². The zero-order valence-corrected chi connectivity index (χ0v) is 11.6. The highest BCUT2D eigenvalue weighted by atomic mass is 35.5. The van der Waals surface area contributed by atoms with Crippen LogP contribution in [0.4, 0.5) is 0 Å². The van der Waals surface area contributed by atoms with Crippen molar-refractivity contribution in [2.45, 2.75) is 29.4 Å². The van der Waals surface area contributed by atoms with Crippen molar-refractivity contribution in [1.82, 2.24) is 9.97 Å². The molecule has 0 amide bonds. The van der Waals surface area contributed by atoms with Crippen molar-refractivity contribution in [1.29, 1.82) is 0 Å². The minimum atomic E-state index is 0.0968. The Kier molecular flexibility index (Phi) is 4.58. The van der Waals surface area contributed by atoms with E-state index in [-0.39, 0.29) is 6.04 Å². The SMILES string of the molecule is CC(N)Cc1cccc(Cl)c1Sc1ncccn1. The van der Waals surface area contributed by atoms with Crippen molar-refractivity contribution in [3.8, 4) is 0 Å². The van der Waals surface area contributed by atoms with E-state index in [0.29, 0.717) is 10.2 Å². The first kappa shape index (κ1) is 13.3. The first-order valence-electron chi connectivity index (χ1n) is 5.64. The molecule has 1 aromatic heterocycles. The van der Waals surface area contributed by atoms with Gasteiger partial charge in [0, 0.05) is 23.3 Å². The summed E-state index contributed by atoms with van der Waals surface area (Å²) < 4.78 is 0.